The van der Waals surface area contributed by atoms with Crippen LogP contribution in [0.5, 0.6) is 0 Å². The number of nitro benzene ring substituents is 1. The average molecular weight is 309 g/mol. The fraction of sp³-hybridized carbons (Fsp3) is 0.0714. The second-order valence-electron chi connectivity index (χ2n) is 4.24. The maximum atomic E-state index is 13.0. The molecule has 2 aromatic rings. The number of nitro groups is 1. The Bertz CT molecular complexity index is 689. The number of non-ortho nitro benzene ring substituents is 1. The zero-order valence-electron chi connectivity index (χ0n) is 10.7. The number of nitrogens with zero attached hydrogens (tertiary/aromatic N) is 1. The minimum atomic E-state index is -0.539. The number of halogens is 2. The van der Waals surface area contributed by atoms with E-state index in [1.165, 1.54) is 42.5 Å². The SMILES string of the molecule is O=C(NCc1ccc(F)c(Cl)c1)c1ccc([N+](=O)[O-])cc1. The topological polar surface area (TPSA) is 72.2 Å². The predicted molar refractivity (Wildman–Crippen MR) is 75.7 cm³/mol. The third-order valence-corrected chi connectivity index (χ3v) is 3.07. The average Bonchev–Trinajstić information content (AvgIpc) is 2.48. The molecule has 0 aliphatic rings. The van der Waals surface area contributed by atoms with Crippen molar-refractivity contribution in [1.29, 1.82) is 0 Å². The zero-order valence-corrected chi connectivity index (χ0v) is 11.4. The number of hydrogen-bond donors (Lipinski definition) is 1. The van der Waals surface area contributed by atoms with Crippen LogP contribution in [0.15, 0.2) is 42.5 Å². The Hall–Kier alpha value is -2.47. The largest absolute Gasteiger partial charge is 0.348 e. The van der Waals surface area contributed by atoms with Gasteiger partial charge in [0, 0.05) is 24.2 Å². The lowest BCUT2D eigenvalue weighted by molar-refractivity contribution is -0.384. The Morgan fingerprint density at radius 3 is 2.48 bits per heavy atom. The van der Waals surface area contributed by atoms with Gasteiger partial charge in [0.05, 0.1) is 9.95 Å². The summed E-state index contributed by atoms with van der Waals surface area (Å²) < 4.78 is 13.0. The van der Waals surface area contributed by atoms with Gasteiger partial charge in [-0.25, -0.2) is 4.39 Å². The lowest BCUT2D eigenvalue weighted by atomic mass is 10.2. The van der Waals surface area contributed by atoms with Gasteiger partial charge in [0.2, 0.25) is 0 Å². The Kier molecular flexibility index (Phi) is 4.49. The molecule has 2 aromatic carbocycles. The molecule has 7 heteroatoms. The van der Waals surface area contributed by atoms with Crippen LogP contribution >= 0.6 is 11.6 Å². The van der Waals surface area contributed by atoms with Crippen LogP contribution in [0.3, 0.4) is 0 Å². The van der Waals surface area contributed by atoms with Crippen LogP contribution in [0.1, 0.15) is 15.9 Å². The second-order valence-corrected chi connectivity index (χ2v) is 4.64. The van der Waals surface area contributed by atoms with Crippen molar-refractivity contribution in [2.45, 2.75) is 6.54 Å². The molecule has 1 amide bonds. The van der Waals surface area contributed by atoms with Gasteiger partial charge >= 0.3 is 0 Å². The van der Waals surface area contributed by atoms with Crippen LogP contribution < -0.4 is 5.32 Å². The van der Waals surface area contributed by atoms with Crippen molar-refractivity contribution >= 4 is 23.2 Å². The minimum Gasteiger partial charge on any atom is -0.348 e. The van der Waals surface area contributed by atoms with Crippen LogP contribution in [0.25, 0.3) is 0 Å². The van der Waals surface area contributed by atoms with Crippen LogP contribution in [0.2, 0.25) is 5.02 Å². The van der Waals surface area contributed by atoms with E-state index < -0.39 is 10.7 Å². The van der Waals surface area contributed by atoms with Crippen molar-refractivity contribution in [2.24, 2.45) is 0 Å². The summed E-state index contributed by atoms with van der Waals surface area (Å²) >= 11 is 5.64. The number of rotatable bonds is 4. The summed E-state index contributed by atoms with van der Waals surface area (Å²) in [6.07, 6.45) is 0. The maximum absolute atomic E-state index is 13.0. The van der Waals surface area contributed by atoms with Crippen molar-refractivity contribution < 1.29 is 14.1 Å². The first kappa shape index (κ1) is 14.9. The highest BCUT2D eigenvalue weighted by Gasteiger charge is 2.09. The number of benzene rings is 2. The molecular weight excluding hydrogens is 299 g/mol. The summed E-state index contributed by atoms with van der Waals surface area (Å²) in [4.78, 5) is 21.8. The first-order valence-corrected chi connectivity index (χ1v) is 6.32. The number of carbonyl (C=O) groups excluding carboxylic acids is 1. The molecule has 21 heavy (non-hydrogen) atoms. The normalized spacial score (nSPS) is 10.2. The van der Waals surface area contributed by atoms with E-state index in [0.29, 0.717) is 11.1 Å². The fourth-order valence-electron chi connectivity index (χ4n) is 1.67. The van der Waals surface area contributed by atoms with Crippen LogP contribution in [-0.4, -0.2) is 10.8 Å². The summed E-state index contributed by atoms with van der Waals surface area (Å²) in [7, 11) is 0. The molecule has 0 saturated carbocycles. The number of hydrogen-bond acceptors (Lipinski definition) is 3. The minimum absolute atomic E-state index is 0.0166. The van der Waals surface area contributed by atoms with Crippen molar-refractivity contribution in [3.8, 4) is 0 Å². The third-order valence-electron chi connectivity index (χ3n) is 2.78. The van der Waals surface area contributed by atoms with E-state index in [1.54, 1.807) is 0 Å². The summed E-state index contributed by atoms with van der Waals surface area (Å²) in [6, 6.07) is 9.39. The van der Waals surface area contributed by atoms with Gasteiger partial charge in [0.15, 0.2) is 0 Å². The van der Waals surface area contributed by atoms with Crippen molar-refractivity contribution in [2.75, 3.05) is 0 Å². The Morgan fingerprint density at radius 1 is 1.24 bits per heavy atom. The number of carbonyl (C=O) groups is 1. The summed E-state index contributed by atoms with van der Waals surface area (Å²) in [6.45, 7) is 0.176. The number of amides is 1. The van der Waals surface area contributed by atoms with E-state index in [2.05, 4.69) is 5.32 Å². The first-order chi connectivity index (χ1) is 9.97. The molecular formula is C14H10ClFN2O3. The standard InChI is InChI=1S/C14H10ClFN2O3/c15-12-7-9(1-6-13(12)16)8-17-14(19)10-2-4-11(5-3-10)18(20)21/h1-7H,8H2,(H,17,19). The predicted octanol–water partition coefficient (Wildman–Crippen LogP) is 3.32. The molecule has 0 aromatic heterocycles. The van der Waals surface area contributed by atoms with E-state index in [0.717, 1.165) is 0 Å². The highest BCUT2D eigenvalue weighted by molar-refractivity contribution is 6.30. The van der Waals surface area contributed by atoms with Gasteiger partial charge in [-0.1, -0.05) is 17.7 Å². The molecule has 0 radical (unpaired) electrons. The lowest BCUT2D eigenvalue weighted by Gasteiger charge is -2.06. The molecule has 108 valence electrons. The molecule has 0 spiro atoms. The molecule has 0 bridgehead atoms. The molecule has 0 aliphatic heterocycles. The molecule has 0 saturated heterocycles. The molecule has 1 N–H and O–H groups in total. The van der Waals surface area contributed by atoms with Gasteiger partial charge in [-0.15, -0.1) is 0 Å². The first-order valence-electron chi connectivity index (χ1n) is 5.94. The molecule has 0 atom stereocenters. The van der Waals surface area contributed by atoms with E-state index in [-0.39, 0.29) is 23.2 Å². The van der Waals surface area contributed by atoms with Crippen molar-refractivity contribution in [3.63, 3.8) is 0 Å². The molecule has 0 fully saturated rings. The quantitative estimate of drug-likeness (QED) is 0.695. The van der Waals surface area contributed by atoms with E-state index in [9.17, 15) is 19.3 Å². The van der Waals surface area contributed by atoms with Gasteiger partial charge in [-0.05, 0) is 29.8 Å². The second kappa shape index (κ2) is 6.32. The number of nitrogens with one attached hydrogen (secondary N) is 1. The Morgan fingerprint density at radius 2 is 1.90 bits per heavy atom. The van der Waals surface area contributed by atoms with Crippen LogP contribution in [0.4, 0.5) is 10.1 Å². The van der Waals surface area contributed by atoms with E-state index in [1.807, 2.05) is 0 Å². The summed E-state index contributed by atoms with van der Waals surface area (Å²) in [5.74, 6) is -0.910. The van der Waals surface area contributed by atoms with Crippen LogP contribution in [0, 0.1) is 15.9 Å². The van der Waals surface area contributed by atoms with Gasteiger partial charge in [0.25, 0.3) is 11.6 Å². The smallest absolute Gasteiger partial charge is 0.269 e. The molecule has 5 nitrogen and oxygen atoms in total. The van der Waals surface area contributed by atoms with Gasteiger partial charge in [-0.2, -0.15) is 0 Å². The van der Waals surface area contributed by atoms with Gasteiger partial charge in [0.1, 0.15) is 5.82 Å². The molecule has 0 heterocycles. The van der Waals surface area contributed by atoms with E-state index >= 15 is 0 Å². The molecule has 0 unspecified atom stereocenters. The van der Waals surface area contributed by atoms with Gasteiger partial charge < -0.3 is 5.32 Å². The van der Waals surface area contributed by atoms with Crippen molar-refractivity contribution in [3.05, 3.63) is 74.5 Å². The molecule has 0 aliphatic carbocycles. The zero-order chi connectivity index (χ0) is 15.4. The Labute approximate surface area is 124 Å². The lowest BCUT2D eigenvalue weighted by Crippen LogP contribution is -2.22. The monoisotopic (exact) mass is 308 g/mol. The third kappa shape index (κ3) is 3.76. The van der Waals surface area contributed by atoms with E-state index in [4.69, 9.17) is 11.6 Å². The highest BCUT2D eigenvalue weighted by Crippen LogP contribution is 2.16. The van der Waals surface area contributed by atoms with Gasteiger partial charge in [-0.3, -0.25) is 14.9 Å². The van der Waals surface area contributed by atoms with Crippen LogP contribution in [-0.2, 0) is 6.54 Å². The summed E-state index contributed by atoms with van der Waals surface area (Å²) in [5.41, 5.74) is 0.863. The van der Waals surface area contributed by atoms with Crippen molar-refractivity contribution in [1.82, 2.24) is 5.32 Å². The maximum Gasteiger partial charge on any atom is 0.269 e. The summed E-state index contributed by atoms with van der Waals surface area (Å²) in [5, 5.41) is 13.1. The highest BCUT2D eigenvalue weighted by atomic mass is 35.5. The fourth-order valence-corrected chi connectivity index (χ4v) is 1.87. The Balaban J connectivity index is 2.01. The molecule has 2 rings (SSSR count).